The molecule has 2 aliphatic rings. The van der Waals surface area contributed by atoms with Gasteiger partial charge in [0, 0.05) is 33.8 Å². The highest BCUT2D eigenvalue weighted by Gasteiger charge is 2.38. The first-order chi connectivity index (χ1) is 15.3. The van der Waals surface area contributed by atoms with Crippen LogP contribution in [0.15, 0.2) is 79.0 Å². The molecule has 0 amide bonds. The number of nitrogens with one attached hydrogen (secondary N) is 3. The number of quaternary nitrogens is 2. The van der Waals surface area contributed by atoms with E-state index in [4.69, 9.17) is 0 Å². The van der Waals surface area contributed by atoms with Crippen LogP contribution >= 0.6 is 0 Å². The minimum atomic E-state index is 0.243. The number of Topliss-reactive ketones (excluding diaryl/α,β-unsaturated/α-hetero) is 1. The summed E-state index contributed by atoms with van der Waals surface area (Å²) < 4.78 is 0. The van der Waals surface area contributed by atoms with Crippen molar-refractivity contribution in [1.82, 2.24) is 4.98 Å². The van der Waals surface area contributed by atoms with Crippen LogP contribution in [0.5, 0.6) is 0 Å². The highest BCUT2D eigenvalue weighted by molar-refractivity contribution is 6.08. The fraction of sp³-hybridized carbons (Fsp3) is 0.222. The minimum absolute atomic E-state index is 0.243. The van der Waals surface area contributed by atoms with Crippen molar-refractivity contribution in [2.75, 3.05) is 32.7 Å². The molecule has 1 fully saturated rings. The first-order valence-corrected chi connectivity index (χ1v) is 11.3. The number of carbonyl (C=O) groups is 1. The standard InChI is InChI=1S/C27H25N3O/c31-26(24-17-28-25-12-6-5-9-21(24)25)18-29-13-15-30(16-14-29)27-22-10-3-1-7-19(22)20-8-2-4-11-23(20)27/h1-12,17,27-28H,13-16,18H2/p+2. The minimum Gasteiger partial charge on any atom is -0.360 e. The average molecular weight is 410 g/mol. The van der Waals surface area contributed by atoms with Gasteiger partial charge in [-0.05, 0) is 17.2 Å². The number of benzene rings is 3. The van der Waals surface area contributed by atoms with Crippen LogP contribution in [0.1, 0.15) is 27.5 Å². The molecule has 1 aliphatic heterocycles. The van der Waals surface area contributed by atoms with Gasteiger partial charge in [0.2, 0.25) is 5.78 Å². The number of aromatic amines is 1. The molecular weight excluding hydrogens is 382 g/mol. The largest absolute Gasteiger partial charge is 0.360 e. The van der Waals surface area contributed by atoms with E-state index in [1.807, 2.05) is 30.5 Å². The van der Waals surface area contributed by atoms with Crippen molar-refractivity contribution in [2.45, 2.75) is 6.04 Å². The van der Waals surface area contributed by atoms with Crippen molar-refractivity contribution in [3.05, 3.63) is 95.7 Å². The second-order valence-electron chi connectivity index (χ2n) is 8.86. The normalized spacial score (nSPS) is 20.5. The van der Waals surface area contributed by atoms with Gasteiger partial charge in [0.25, 0.3) is 0 Å². The van der Waals surface area contributed by atoms with Crippen LogP contribution in [0.4, 0.5) is 0 Å². The van der Waals surface area contributed by atoms with E-state index >= 15 is 0 Å². The lowest BCUT2D eigenvalue weighted by Crippen LogP contribution is -3.28. The molecule has 3 aromatic carbocycles. The molecule has 0 atom stereocenters. The van der Waals surface area contributed by atoms with Crippen molar-refractivity contribution >= 4 is 16.7 Å². The summed E-state index contributed by atoms with van der Waals surface area (Å²) in [6.45, 7) is 4.81. The zero-order valence-electron chi connectivity index (χ0n) is 17.5. The van der Waals surface area contributed by atoms with Gasteiger partial charge in [-0.3, -0.25) is 4.79 Å². The van der Waals surface area contributed by atoms with E-state index < -0.39 is 0 Å². The molecule has 154 valence electrons. The third-order valence-electron chi connectivity index (χ3n) is 7.14. The Balaban J connectivity index is 1.18. The third-order valence-corrected chi connectivity index (χ3v) is 7.14. The highest BCUT2D eigenvalue weighted by atomic mass is 16.1. The van der Waals surface area contributed by atoms with Crippen LogP contribution in [-0.2, 0) is 0 Å². The van der Waals surface area contributed by atoms with E-state index in [1.54, 1.807) is 4.90 Å². The molecule has 0 unspecified atom stereocenters. The van der Waals surface area contributed by atoms with Gasteiger partial charge in [-0.1, -0.05) is 66.7 Å². The number of H-pyrrole nitrogens is 1. The van der Waals surface area contributed by atoms with E-state index in [2.05, 4.69) is 53.5 Å². The molecule has 0 bridgehead atoms. The second kappa shape index (κ2) is 7.49. The number of rotatable bonds is 4. The zero-order valence-corrected chi connectivity index (χ0v) is 17.5. The maximum atomic E-state index is 13.0. The summed E-state index contributed by atoms with van der Waals surface area (Å²) in [6.07, 6.45) is 1.88. The Morgan fingerprint density at radius 1 is 0.806 bits per heavy atom. The van der Waals surface area contributed by atoms with Gasteiger partial charge < -0.3 is 14.8 Å². The lowest BCUT2D eigenvalue weighted by molar-refractivity contribution is -1.02. The summed E-state index contributed by atoms with van der Waals surface area (Å²) in [4.78, 5) is 19.3. The predicted octanol–water partition coefficient (Wildman–Crippen LogP) is 1.90. The summed E-state index contributed by atoms with van der Waals surface area (Å²) in [5.74, 6) is 0.243. The van der Waals surface area contributed by atoms with Crippen LogP contribution < -0.4 is 9.80 Å². The first kappa shape index (κ1) is 18.6. The number of hydrogen-bond donors (Lipinski definition) is 3. The molecular formula is C27H27N3O+2. The number of fused-ring (bicyclic) bond motifs is 4. The molecule has 1 saturated heterocycles. The average Bonchev–Trinajstić information content (AvgIpc) is 3.39. The number of aromatic nitrogens is 1. The van der Waals surface area contributed by atoms with E-state index in [0.717, 1.165) is 42.6 Å². The van der Waals surface area contributed by atoms with Gasteiger partial charge >= 0.3 is 0 Å². The molecule has 4 heteroatoms. The fourth-order valence-electron chi connectivity index (χ4n) is 5.61. The Morgan fingerprint density at radius 3 is 2.13 bits per heavy atom. The van der Waals surface area contributed by atoms with Crippen molar-refractivity contribution in [3.63, 3.8) is 0 Å². The molecule has 0 radical (unpaired) electrons. The fourth-order valence-corrected chi connectivity index (χ4v) is 5.61. The molecule has 4 aromatic rings. The molecule has 6 rings (SSSR count). The number of hydrogen-bond acceptors (Lipinski definition) is 1. The smallest absolute Gasteiger partial charge is 0.219 e. The maximum Gasteiger partial charge on any atom is 0.219 e. The van der Waals surface area contributed by atoms with Gasteiger partial charge in [-0.25, -0.2) is 0 Å². The topological polar surface area (TPSA) is 41.7 Å². The van der Waals surface area contributed by atoms with Crippen LogP contribution in [0, 0.1) is 0 Å². The Bertz CT molecular complexity index is 1220. The lowest BCUT2D eigenvalue weighted by atomic mass is 10.0. The second-order valence-corrected chi connectivity index (χ2v) is 8.86. The van der Waals surface area contributed by atoms with E-state index in [0.29, 0.717) is 12.6 Å². The molecule has 0 spiro atoms. The third kappa shape index (κ3) is 3.11. The number of carbonyl (C=O) groups excluding carboxylic acids is 1. The summed E-state index contributed by atoms with van der Waals surface area (Å²) in [5.41, 5.74) is 7.55. The molecule has 4 nitrogen and oxygen atoms in total. The Labute approximate surface area is 182 Å². The van der Waals surface area contributed by atoms with Gasteiger partial charge in [-0.15, -0.1) is 0 Å². The monoisotopic (exact) mass is 409 g/mol. The van der Waals surface area contributed by atoms with Crippen LogP contribution in [0.25, 0.3) is 22.0 Å². The van der Waals surface area contributed by atoms with Crippen LogP contribution in [-0.4, -0.2) is 43.5 Å². The molecule has 1 aromatic heterocycles. The van der Waals surface area contributed by atoms with Gasteiger partial charge in [0.1, 0.15) is 38.8 Å². The Morgan fingerprint density at radius 2 is 1.42 bits per heavy atom. The molecule has 31 heavy (non-hydrogen) atoms. The van der Waals surface area contributed by atoms with E-state index in [-0.39, 0.29) is 5.78 Å². The number of para-hydroxylation sites is 1. The Hall–Kier alpha value is -3.21. The van der Waals surface area contributed by atoms with E-state index in [1.165, 1.54) is 27.2 Å². The molecule has 3 N–H and O–H groups in total. The summed E-state index contributed by atoms with van der Waals surface area (Å²) in [6, 6.07) is 26.2. The lowest BCUT2D eigenvalue weighted by Gasteiger charge is -2.33. The van der Waals surface area contributed by atoms with Crippen molar-refractivity contribution in [1.29, 1.82) is 0 Å². The quantitative estimate of drug-likeness (QED) is 0.443. The highest BCUT2D eigenvalue weighted by Crippen LogP contribution is 2.41. The number of ketones is 1. The maximum absolute atomic E-state index is 13.0. The SMILES string of the molecule is O=C(C[NH+]1CC[NH+](C2c3ccccc3-c3ccccc32)CC1)c1c[nH]c2ccccc12. The summed E-state index contributed by atoms with van der Waals surface area (Å²) in [7, 11) is 0. The van der Waals surface area contributed by atoms with Crippen molar-refractivity contribution in [2.24, 2.45) is 0 Å². The van der Waals surface area contributed by atoms with Gasteiger partial charge in [0.15, 0.2) is 0 Å². The summed E-state index contributed by atoms with van der Waals surface area (Å²) >= 11 is 0. The molecule has 2 heterocycles. The van der Waals surface area contributed by atoms with Crippen LogP contribution in [0.3, 0.4) is 0 Å². The van der Waals surface area contributed by atoms with Crippen molar-refractivity contribution in [3.8, 4) is 11.1 Å². The van der Waals surface area contributed by atoms with Crippen LogP contribution in [0.2, 0.25) is 0 Å². The van der Waals surface area contributed by atoms with E-state index in [9.17, 15) is 4.79 Å². The van der Waals surface area contributed by atoms with Gasteiger partial charge in [-0.2, -0.15) is 0 Å². The van der Waals surface area contributed by atoms with Gasteiger partial charge in [0.05, 0.1) is 0 Å². The first-order valence-electron chi connectivity index (χ1n) is 11.3. The zero-order chi connectivity index (χ0) is 20.8. The molecule has 0 saturated carbocycles. The van der Waals surface area contributed by atoms with Crippen molar-refractivity contribution < 1.29 is 14.6 Å². The number of piperazine rings is 1. The summed E-state index contributed by atoms with van der Waals surface area (Å²) in [5, 5.41) is 1.04. The Kier molecular flexibility index (Phi) is 4.48. The molecule has 1 aliphatic carbocycles. The predicted molar refractivity (Wildman–Crippen MR) is 123 cm³/mol.